The van der Waals surface area contributed by atoms with Crippen LogP contribution in [0.5, 0.6) is 11.5 Å². The number of anilines is 1. The van der Waals surface area contributed by atoms with E-state index in [1.165, 1.54) is 18.2 Å². The number of hydrogen-bond acceptors (Lipinski definition) is 5. The minimum absolute atomic E-state index is 0.178. The molecule has 1 aliphatic heterocycles. The van der Waals surface area contributed by atoms with Crippen LogP contribution in [0.15, 0.2) is 42.5 Å². The molecule has 1 aliphatic rings. The number of carbonyl (C=O) groups is 2. The van der Waals surface area contributed by atoms with Crippen LogP contribution in [-0.4, -0.2) is 25.3 Å². The van der Waals surface area contributed by atoms with Gasteiger partial charge in [-0.15, -0.1) is 0 Å². The number of halogens is 2. The predicted octanol–water partition coefficient (Wildman–Crippen LogP) is 3.92. The largest absolute Gasteiger partial charge is 0.454 e. The van der Waals surface area contributed by atoms with E-state index in [0.29, 0.717) is 27.2 Å². The van der Waals surface area contributed by atoms with Crippen molar-refractivity contribution in [2.75, 3.05) is 18.7 Å². The van der Waals surface area contributed by atoms with Gasteiger partial charge >= 0.3 is 5.97 Å². The van der Waals surface area contributed by atoms with Crippen LogP contribution < -0.4 is 14.8 Å². The van der Waals surface area contributed by atoms with E-state index in [2.05, 4.69) is 5.32 Å². The number of fused-ring (bicyclic) bond motifs is 1. The highest BCUT2D eigenvalue weighted by molar-refractivity contribution is 6.35. The van der Waals surface area contributed by atoms with Crippen LogP contribution in [0.4, 0.5) is 5.69 Å². The monoisotopic (exact) mass is 393 g/mol. The molecule has 0 spiro atoms. The highest BCUT2D eigenvalue weighted by Gasteiger charge is 2.12. The van der Waals surface area contributed by atoms with E-state index in [9.17, 15) is 9.59 Å². The van der Waals surface area contributed by atoms with Gasteiger partial charge in [0.05, 0.1) is 0 Å². The van der Waals surface area contributed by atoms with Crippen molar-refractivity contribution in [3.63, 3.8) is 0 Å². The van der Waals surface area contributed by atoms with Crippen LogP contribution in [0.3, 0.4) is 0 Å². The lowest BCUT2D eigenvalue weighted by molar-refractivity contribution is -0.142. The van der Waals surface area contributed by atoms with E-state index in [-0.39, 0.29) is 6.79 Å². The van der Waals surface area contributed by atoms with Gasteiger partial charge in [0, 0.05) is 21.8 Å². The molecule has 2 aromatic carbocycles. The maximum atomic E-state index is 11.8. The number of esters is 1. The van der Waals surface area contributed by atoms with Crippen molar-refractivity contribution in [1.82, 2.24) is 0 Å². The second-order valence-electron chi connectivity index (χ2n) is 5.26. The Bertz CT molecular complexity index is 862. The molecule has 134 valence electrons. The third kappa shape index (κ3) is 4.91. The van der Waals surface area contributed by atoms with E-state index in [1.54, 1.807) is 30.3 Å². The molecule has 0 bridgehead atoms. The number of ether oxygens (including phenoxy) is 3. The normalized spacial score (nSPS) is 12.2. The molecule has 1 heterocycles. The van der Waals surface area contributed by atoms with Crippen molar-refractivity contribution < 1.29 is 23.8 Å². The molecule has 0 fully saturated rings. The fourth-order valence-electron chi connectivity index (χ4n) is 2.19. The van der Waals surface area contributed by atoms with Gasteiger partial charge in [-0.3, -0.25) is 4.79 Å². The second-order valence-corrected chi connectivity index (χ2v) is 6.13. The Morgan fingerprint density at radius 2 is 1.81 bits per heavy atom. The zero-order valence-corrected chi connectivity index (χ0v) is 14.8. The molecule has 8 heteroatoms. The molecular weight excluding hydrogens is 381 g/mol. The fourth-order valence-corrected chi connectivity index (χ4v) is 2.71. The van der Waals surface area contributed by atoms with Crippen LogP contribution >= 0.6 is 23.2 Å². The lowest BCUT2D eigenvalue weighted by Crippen LogP contribution is -2.20. The molecule has 1 N–H and O–H groups in total. The van der Waals surface area contributed by atoms with Crippen molar-refractivity contribution in [2.45, 2.75) is 0 Å². The maximum Gasteiger partial charge on any atom is 0.331 e. The minimum atomic E-state index is -0.651. The van der Waals surface area contributed by atoms with Crippen LogP contribution in [0, 0.1) is 0 Å². The molecule has 0 saturated carbocycles. The van der Waals surface area contributed by atoms with Crippen LogP contribution in [-0.2, 0) is 14.3 Å². The van der Waals surface area contributed by atoms with Gasteiger partial charge in [0.1, 0.15) is 0 Å². The number of nitrogens with one attached hydrogen (secondary N) is 1. The molecule has 0 radical (unpaired) electrons. The SMILES string of the molecule is O=C(COC(=O)C=Cc1ccc2c(c1)OCO2)Nc1cc(Cl)cc(Cl)c1. The summed E-state index contributed by atoms with van der Waals surface area (Å²) in [5.41, 5.74) is 1.16. The Kier molecular flexibility index (Phi) is 5.65. The summed E-state index contributed by atoms with van der Waals surface area (Å²) in [5, 5.41) is 3.31. The van der Waals surface area contributed by atoms with E-state index >= 15 is 0 Å². The molecule has 1 amide bonds. The summed E-state index contributed by atoms with van der Waals surface area (Å²) in [6.07, 6.45) is 2.78. The average molecular weight is 394 g/mol. The van der Waals surface area contributed by atoms with Crippen LogP contribution in [0.2, 0.25) is 10.0 Å². The lowest BCUT2D eigenvalue weighted by atomic mass is 10.2. The average Bonchev–Trinajstić information content (AvgIpc) is 3.05. The van der Waals surface area contributed by atoms with Crippen LogP contribution in [0.25, 0.3) is 6.08 Å². The Balaban J connectivity index is 1.49. The van der Waals surface area contributed by atoms with Gasteiger partial charge in [-0.25, -0.2) is 4.79 Å². The number of hydrogen-bond donors (Lipinski definition) is 1. The first kappa shape index (κ1) is 18.1. The highest BCUT2D eigenvalue weighted by atomic mass is 35.5. The minimum Gasteiger partial charge on any atom is -0.454 e. The summed E-state index contributed by atoms with van der Waals surface area (Å²) in [5.74, 6) is 0.109. The van der Waals surface area contributed by atoms with Crippen molar-refractivity contribution >= 4 is 46.8 Å². The first-order valence-electron chi connectivity index (χ1n) is 7.50. The third-order valence-electron chi connectivity index (χ3n) is 3.30. The maximum absolute atomic E-state index is 11.8. The number of amides is 1. The summed E-state index contributed by atoms with van der Waals surface area (Å²) < 4.78 is 15.4. The molecule has 26 heavy (non-hydrogen) atoms. The van der Waals surface area contributed by atoms with Gasteiger partial charge < -0.3 is 19.5 Å². The summed E-state index contributed by atoms with van der Waals surface area (Å²) in [6.45, 7) is -0.258. The predicted molar refractivity (Wildman–Crippen MR) is 97.6 cm³/mol. The number of rotatable bonds is 5. The highest BCUT2D eigenvalue weighted by Crippen LogP contribution is 2.32. The van der Waals surface area contributed by atoms with Gasteiger partial charge in [0.2, 0.25) is 6.79 Å². The molecule has 6 nitrogen and oxygen atoms in total. The number of benzene rings is 2. The second kappa shape index (κ2) is 8.12. The quantitative estimate of drug-likeness (QED) is 0.615. The fraction of sp³-hybridized carbons (Fsp3) is 0.111. The molecule has 0 unspecified atom stereocenters. The van der Waals surface area contributed by atoms with Crippen molar-refractivity contribution in [3.05, 3.63) is 58.1 Å². The van der Waals surface area contributed by atoms with Gasteiger partial charge in [0.25, 0.3) is 5.91 Å². The molecule has 0 saturated heterocycles. The Labute approximate surface area is 159 Å². The molecule has 0 atom stereocenters. The molecule has 2 aromatic rings. The Morgan fingerprint density at radius 1 is 1.08 bits per heavy atom. The molecule has 0 aliphatic carbocycles. The standard InChI is InChI=1S/C18H13Cl2NO5/c19-12-6-13(20)8-14(7-12)21-17(22)9-24-18(23)4-2-11-1-3-15-16(5-11)26-10-25-15/h1-8H,9-10H2,(H,21,22). The van der Waals surface area contributed by atoms with Crippen molar-refractivity contribution in [3.8, 4) is 11.5 Å². The van der Waals surface area contributed by atoms with E-state index in [1.807, 2.05) is 0 Å². The topological polar surface area (TPSA) is 73.9 Å². The zero-order chi connectivity index (χ0) is 18.5. The first-order chi connectivity index (χ1) is 12.5. The van der Waals surface area contributed by atoms with Crippen molar-refractivity contribution in [1.29, 1.82) is 0 Å². The van der Waals surface area contributed by atoms with Gasteiger partial charge in [-0.05, 0) is 42.0 Å². The molecular formula is C18H13Cl2NO5. The molecule has 3 rings (SSSR count). The van der Waals surface area contributed by atoms with Gasteiger partial charge in [-0.1, -0.05) is 29.3 Å². The van der Waals surface area contributed by atoms with E-state index in [0.717, 1.165) is 5.56 Å². The third-order valence-corrected chi connectivity index (χ3v) is 3.74. The van der Waals surface area contributed by atoms with Gasteiger partial charge in [0.15, 0.2) is 18.1 Å². The summed E-state index contributed by atoms with van der Waals surface area (Å²) >= 11 is 11.7. The van der Waals surface area contributed by atoms with E-state index < -0.39 is 18.5 Å². The zero-order valence-electron chi connectivity index (χ0n) is 13.3. The smallest absolute Gasteiger partial charge is 0.331 e. The number of carbonyl (C=O) groups excluding carboxylic acids is 2. The van der Waals surface area contributed by atoms with Crippen LogP contribution in [0.1, 0.15) is 5.56 Å². The van der Waals surface area contributed by atoms with Crippen molar-refractivity contribution in [2.24, 2.45) is 0 Å². The summed E-state index contributed by atoms with van der Waals surface area (Å²) in [6, 6.07) is 9.87. The summed E-state index contributed by atoms with van der Waals surface area (Å²) in [4.78, 5) is 23.5. The first-order valence-corrected chi connectivity index (χ1v) is 8.25. The lowest BCUT2D eigenvalue weighted by Gasteiger charge is -2.06. The molecule has 0 aromatic heterocycles. The Morgan fingerprint density at radius 3 is 2.58 bits per heavy atom. The Hall–Kier alpha value is -2.70. The summed E-state index contributed by atoms with van der Waals surface area (Å²) in [7, 11) is 0. The van der Waals surface area contributed by atoms with E-state index in [4.69, 9.17) is 37.4 Å². The van der Waals surface area contributed by atoms with Gasteiger partial charge in [-0.2, -0.15) is 0 Å².